The molecule has 2 rings (SSSR count). The van der Waals surface area contributed by atoms with Crippen LogP contribution in [0.25, 0.3) is 0 Å². The molecule has 3 nitrogen and oxygen atoms in total. The maximum atomic E-state index is 11.6. The Labute approximate surface area is 116 Å². The Hall–Kier alpha value is -0.870. The predicted octanol–water partition coefficient (Wildman–Crippen LogP) is 2.25. The van der Waals surface area contributed by atoms with Crippen LogP contribution in [0.15, 0.2) is 18.2 Å². The van der Waals surface area contributed by atoms with Crippen molar-refractivity contribution in [3.63, 3.8) is 0 Å². The first-order chi connectivity index (χ1) is 8.96. The third kappa shape index (κ3) is 3.18. The van der Waals surface area contributed by atoms with Gasteiger partial charge < -0.3 is 5.73 Å². The molecule has 2 unspecified atom stereocenters. The molecule has 0 aliphatic carbocycles. The van der Waals surface area contributed by atoms with Crippen LogP contribution in [0.4, 0.5) is 0 Å². The molecule has 19 heavy (non-hydrogen) atoms. The number of sulfone groups is 1. The highest BCUT2D eigenvalue weighted by Gasteiger charge is 2.33. The van der Waals surface area contributed by atoms with Gasteiger partial charge in [0.1, 0.15) is 0 Å². The van der Waals surface area contributed by atoms with E-state index in [2.05, 4.69) is 32.0 Å². The number of hydrogen-bond acceptors (Lipinski definition) is 3. The van der Waals surface area contributed by atoms with Crippen molar-refractivity contribution < 1.29 is 8.42 Å². The molecule has 1 aliphatic heterocycles. The first kappa shape index (κ1) is 14.5. The van der Waals surface area contributed by atoms with E-state index < -0.39 is 9.84 Å². The fourth-order valence-electron chi connectivity index (χ4n) is 2.86. The summed E-state index contributed by atoms with van der Waals surface area (Å²) in [6, 6.07) is 6.28. The van der Waals surface area contributed by atoms with Gasteiger partial charge in [0, 0.05) is 6.04 Å². The van der Waals surface area contributed by atoms with Gasteiger partial charge in [-0.25, -0.2) is 8.42 Å². The summed E-state index contributed by atoms with van der Waals surface area (Å²) in [6.45, 7) is 4.23. The minimum absolute atomic E-state index is 0.0717. The van der Waals surface area contributed by atoms with E-state index in [1.54, 1.807) is 0 Å². The second kappa shape index (κ2) is 5.63. The molecule has 4 heteroatoms. The molecule has 1 saturated heterocycles. The Morgan fingerprint density at radius 3 is 2.58 bits per heavy atom. The lowest BCUT2D eigenvalue weighted by atomic mass is 9.88. The first-order valence-corrected chi connectivity index (χ1v) is 8.86. The van der Waals surface area contributed by atoms with Gasteiger partial charge in [0.15, 0.2) is 9.84 Å². The molecule has 0 saturated carbocycles. The summed E-state index contributed by atoms with van der Waals surface area (Å²) < 4.78 is 23.2. The third-order valence-corrected chi connectivity index (χ3v) is 5.93. The Bertz CT molecular complexity index is 551. The summed E-state index contributed by atoms with van der Waals surface area (Å²) in [5.74, 6) is 0.607. The van der Waals surface area contributed by atoms with E-state index in [0.29, 0.717) is 12.2 Å². The lowest BCUT2D eigenvalue weighted by molar-refractivity contribution is 0.477. The van der Waals surface area contributed by atoms with Gasteiger partial charge >= 0.3 is 0 Å². The van der Waals surface area contributed by atoms with Gasteiger partial charge in [0.25, 0.3) is 0 Å². The van der Waals surface area contributed by atoms with E-state index in [0.717, 1.165) is 18.4 Å². The highest BCUT2D eigenvalue weighted by atomic mass is 32.2. The average molecular weight is 281 g/mol. The number of benzene rings is 1. The highest BCUT2D eigenvalue weighted by molar-refractivity contribution is 7.91. The van der Waals surface area contributed by atoms with Gasteiger partial charge in [0.2, 0.25) is 0 Å². The largest absolute Gasteiger partial charge is 0.324 e. The standard InChI is InChI=1S/C15H23NO2S/c1-3-11-5-6-12(4-2)14(9-11)15(16)13-7-8-19(17,18)10-13/h5-6,9,13,15H,3-4,7-8,10,16H2,1-2H3. The SMILES string of the molecule is CCc1ccc(CC)c(C(N)C2CCS(=O)(=O)C2)c1. The molecule has 0 aromatic heterocycles. The topological polar surface area (TPSA) is 60.2 Å². The molecule has 2 atom stereocenters. The Kier molecular flexibility index (Phi) is 4.31. The van der Waals surface area contributed by atoms with Crippen molar-refractivity contribution in [1.29, 1.82) is 0 Å². The van der Waals surface area contributed by atoms with E-state index in [-0.39, 0.29) is 17.7 Å². The zero-order chi connectivity index (χ0) is 14.0. The van der Waals surface area contributed by atoms with Crippen molar-refractivity contribution in [3.8, 4) is 0 Å². The van der Waals surface area contributed by atoms with Crippen LogP contribution in [0, 0.1) is 5.92 Å². The molecule has 1 aromatic carbocycles. The number of nitrogens with two attached hydrogens (primary N) is 1. The summed E-state index contributed by atoms with van der Waals surface area (Å²) >= 11 is 0. The zero-order valence-electron chi connectivity index (χ0n) is 11.7. The quantitative estimate of drug-likeness (QED) is 0.920. The van der Waals surface area contributed by atoms with Crippen LogP contribution in [0.3, 0.4) is 0 Å². The number of rotatable bonds is 4. The molecule has 0 bridgehead atoms. The van der Waals surface area contributed by atoms with Crippen molar-refractivity contribution in [2.24, 2.45) is 11.7 Å². The Balaban J connectivity index is 2.30. The molecule has 1 fully saturated rings. The van der Waals surface area contributed by atoms with Crippen molar-refractivity contribution in [3.05, 3.63) is 34.9 Å². The second-order valence-corrected chi connectivity index (χ2v) is 7.66. The van der Waals surface area contributed by atoms with Crippen LogP contribution in [0.2, 0.25) is 0 Å². The van der Waals surface area contributed by atoms with Gasteiger partial charge in [0.05, 0.1) is 11.5 Å². The van der Waals surface area contributed by atoms with Gasteiger partial charge in [-0.05, 0) is 41.9 Å². The summed E-state index contributed by atoms with van der Waals surface area (Å²) in [7, 11) is -2.86. The van der Waals surface area contributed by atoms with Crippen LogP contribution >= 0.6 is 0 Å². The minimum atomic E-state index is -2.86. The average Bonchev–Trinajstić information content (AvgIpc) is 2.77. The summed E-state index contributed by atoms with van der Waals surface area (Å²) in [5, 5.41) is 0. The molecule has 2 N–H and O–H groups in total. The van der Waals surface area contributed by atoms with Crippen molar-refractivity contribution in [2.45, 2.75) is 39.2 Å². The monoisotopic (exact) mass is 281 g/mol. The molecule has 0 radical (unpaired) electrons. The summed E-state index contributed by atoms with van der Waals surface area (Å²) in [6.07, 6.45) is 2.61. The molecule has 1 heterocycles. The minimum Gasteiger partial charge on any atom is -0.324 e. The van der Waals surface area contributed by atoms with Gasteiger partial charge in [-0.1, -0.05) is 32.0 Å². The molecule has 1 aliphatic rings. The first-order valence-electron chi connectivity index (χ1n) is 7.04. The maximum Gasteiger partial charge on any atom is 0.150 e. The van der Waals surface area contributed by atoms with E-state index in [1.165, 1.54) is 11.1 Å². The van der Waals surface area contributed by atoms with E-state index >= 15 is 0 Å². The van der Waals surface area contributed by atoms with Crippen LogP contribution in [-0.2, 0) is 22.7 Å². The van der Waals surface area contributed by atoms with Gasteiger partial charge in [-0.3, -0.25) is 0 Å². The zero-order valence-corrected chi connectivity index (χ0v) is 12.5. The van der Waals surface area contributed by atoms with Gasteiger partial charge in [-0.15, -0.1) is 0 Å². The molecular formula is C15H23NO2S. The van der Waals surface area contributed by atoms with Crippen LogP contribution in [0.1, 0.15) is 43.0 Å². The predicted molar refractivity (Wildman–Crippen MR) is 78.9 cm³/mol. The van der Waals surface area contributed by atoms with Crippen LogP contribution < -0.4 is 5.73 Å². The van der Waals surface area contributed by atoms with E-state index in [9.17, 15) is 8.42 Å². The highest BCUT2D eigenvalue weighted by Crippen LogP contribution is 2.32. The summed E-state index contributed by atoms with van der Waals surface area (Å²) in [4.78, 5) is 0. The summed E-state index contributed by atoms with van der Waals surface area (Å²) in [5.41, 5.74) is 10.0. The Morgan fingerprint density at radius 1 is 1.32 bits per heavy atom. The molecule has 0 spiro atoms. The normalized spacial score (nSPS) is 23.4. The van der Waals surface area contributed by atoms with Crippen molar-refractivity contribution in [1.82, 2.24) is 0 Å². The number of aryl methyl sites for hydroxylation is 2. The van der Waals surface area contributed by atoms with E-state index in [1.807, 2.05) is 0 Å². The second-order valence-electron chi connectivity index (χ2n) is 5.43. The Morgan fingerprint density at radius 2 is 2.05 bits per heavy atom. The lowest BCUT2D eigenvalue weighted by Gasteiger charge is -2.22. The lowest BCUT2D eigenvalue weighted by Crippen LogP contribution is -2.23. The fraction of sp³-hybridized carbons (Fsp3) is 0.600. The van der Waals surface area contributed by atoms with Gasteiger partial charge in [-0.2, -0.15) is 0 Å². The molecule has 0 amide bonds. The van der Waals surface area contributed by atoms with E-state index in [4.69, 9.17) is 5.73 Å². The third-order valence-electron chi connectivity index (χ3n) is 4.13. The fourth-order valence-corrected chi connectivity index (χ4v) is 4.71. The van der Waals surface area contributed by atoms with Crippen LogP contribution in [-0.4, -0.2) is 19.9 Å². The number of hydrogen-bond donors (Lipinski definition) is 1. The van der Waals surface area contributed by atoms with Crippen LogP contribution in [0.5, 0.6) is 0 Å². The van der Waals surface area contributed by atoms with Crippen molar-refractivity contribution >= 4 is 9.84 Å². The molecule has 1 aromatic rings. The molecular weight excluding hydrogens is 258 g/mol. The van der Waals surface area contributed by atoms with Crippen molar-refractivity contribution in [2.75, 3.05) is 11.5 Å². The molecule has 106 valence electrons. The smallest absolute Gasteiger partial charge is 0.150 e. The maximum absolute atomic E-state index is 11.6.